The van der Waals surface area contributed by atoms with Gasteiger partial charge in [0, 0.05) is 31.8 Å². The van der Waals surface area contributed by atoms with E-state index in [0.717, 1.165) is 25.9 Å². The first-order valence-corrected chi connectivity index (χ1v) is 6.95. The van der Waals surface area contributed by atoms with Gasteiger partial charge in [0.2, 0.25) is 0 Å². The number of anilines is 1. The first-order valence-electron chi connectivity index (χ1n) is 6.95. The summed E-state index contributed by atoms with van der Waals surface area (Å²) in [6.45, 7) is 3.98. The second kappa shape index (κ2) is 6.35. The maximum Gasteiger partial charge on any atom is 0.146 e. The summed E-state index contributed by atoms with van der Waals surface area (Å²) in [5, 5.41) is 9.21. The summed E-state index contributed by atoms with van der Waals surface area (Å²) in [6.07, 6.45) is 1.73. The summed E-state index contributed by atoms with van der Waals surface area (Å²) in [7, 11) is 2.09. The number of benzene rings is 1. The van der Waals surface area contributed by atoms with E-state index >= 15 is 0 Å². The molecule has 2 rings (SSSR count). The number of aliphatic hydroxyl groups is 1. The van der Waals surface area contributed by atoms with E-state index in [-0.39, 0.29) is 18.5 Å². The molecule has 3 nitrogen and oxygen atoms in total. The Morgan fingerprint density at radius 2 is 2.11 bits per heavy atom. The lowest BCUT2D eigenvalue weighted by Crippen LogP contribution is -2.42. The number of likely N-dealkylation sites (N-methyl/N-ethyl adjacent to an activating group) is 1. The molecule has 19 heavy (non-hydrogen) atoms. The summed E-state index contributed by atoms with van der Waals surface area (Å²) < 4.78 is 13.9. The van der Waals surface area contributed by atoms with E-state index in [9.17, 15) is 9.50 Å². The van der Waals surface area contributed by atoms with Crippen molar-refractivity contribution in [1.82, 2.24) is 4.90 Å². The van der Waals surface area contributed by atoms with Crippen LogP contribution in [0.1, 0.15) is 19.8 Å². The van der Waals surface area contributed by atoms with Crippen molar-refractivity contribution in [3.05, 3.63) is 30.1 Å². The van der Waals surface area contributed by atoms with Crippen molar-refractivity contribution in [3.63, 3.8) is 0 Å². The van der Waals surface area contributed by atoms with Gasteiger partial charge in [0.05, 0.1) is 5.69 Å². The molecule has 4 heteroatoms. The summed E-state index contributed by atoms with van der Waals surface area (Å²) in [5.41, 5.74) is 0.674. The van der Waals surface area contributed by atoms with E-state index < -0.39 is 0 Å². The minimum atomic E-state index is -0.164. The van der Waals surface area contributed by atoms with Crippen LogP contribution < -0.4 is 4.90 Å². The van der Waals surface area contributed by atoms with Gasteiger partial charge >= 0.3 is 0 Å². The molecule has 1 saturated heterocycles. The minimum absolute atomic E-state index is 0.164. The third-order valence-corrected chi connectivity index (χ3v) is 4.17. The molecule has 1 aromatic carbocycles. The molecule has 1 aliphatic rings. The second-order valence-electron chi connectivity index (χ2n) is 5.37. The average molecular weight is 266 g/mol. The normalized spacial score (nSPS) is 25.4. The number of hydrogen-bond donors (Lipinski definition) is 1. The highest BCUT2D eigenvalue weighted by Crippen LogP contribution is 2.24. The van der Waals surface area contributed by atoms with Crippen LogP contribution >= 0.6 is 0 Å². The molecule has 2 unspecified atom stereocenters. The lowest BCUT2D eigenvalue weighted by molar-refractivity contribution is 0.159. The average Bonchev–Trinajstić information content (AvgIpc) is 2.54. The highest BCUT2D eigenvalue weighted by Gasteiger charge is 2.27. The first kappa shape index (κ1) is 14.3. The molecule has 1 aliphatic heterocycles. The van der Waals surface area contributed by atoms with Gasteiger partial charge in [0.25, 0.3) is 0 Å². The largest absolute Gasteiger partial charge is 0.396 e. The molecule has 1 aromatic rings. The van der Waals surface area contributed by atoms with E-state index in [4.69, 9.17) is 0 Å². The number of para-hydroxylation sites is 1. The van der Waals surface area contributed by atoms with Gasteiger partial charge in [-0.25, -0.2) is 4.39 Å². The van der Waals surface area contributed by atoms with Crippen LogP contribution in [-0.4, -0.2) is 48.8 Å². The van der Waals surface area contributed by atoms with Gasteiger partial charge in [0.1, 0.15) is 5.82 Å². The summed E-state index contributed by atoms with van der Waals surface area (Å²) in [5.74, 6) is -0.164. The Kier molecular flexibility index (Phi) is 4.77. The van der Waals surface area contributed by atoms with Crippen molar-refractivity contribution >= 4 is 5.69 Å². The number of hydrogen-bond acceptors (Lipinski definition) is 3. The number of aliphatic hydroxyl groups excluding tert-OH is 1. The third kappa shape index (κ3) is 3.25. The van der Waals surface area contributed by atoms with Crippen LogP contribution in [-0.2, 0) is 0 Å². The van der Waals surface area contributed by atoms with Crippen molar-refractivity contribution in [3.8, 4) is 0 Å². The highest BCUT2D eigenvalue weighted by molar-refractivity contribution is 5.48. The van der Waals surface area contributed by atoms with Gasteiger partial charge in [-0.3, -0.25) is 4.90 Å². The highest BCUT2D eigenvalue weighted by atomic mass is 19.1. The number of nitrogens with zero attached hydrogens (tertiary/aromatic N) is 2. The molecule has 0 amide bonds. The Morgan fingerprint density at radius 3 is 2.79 bits per heavy atom. The second-order valence-corrected chi connectivity index (χ2v) is 5.37. The molecule has 106 valence electrons. The summed E-state index contributed by atoms with van der Waals surface area (Å²) >= 11 is 0. The molecule has 0 saturated carbocycles. The standard InChI is InChI=1S/C15H23FN2O/c1-12-7-9-18(11-13(8-10-19)17(12)2)15-6-4-3-5-14(15)16/h3-6,12-13,19H,7-11H2,1-2H3. The molecule has 1 N–H and O–H groups in total. The van der Waals surface area contributed by atoms with Crippen LogP contribution in [0.25, 0.3) is 0 Å². The van der Waals surface area contributed by atoms with Crippen LogP contribution in [0, 0.1) is 5.82 Å². The van der Waals surface area contributed by atoms with E-state index in [2.05, 4.69) is 23.8 Å². The van der Waals surface area contributed by atoms with Crippen LogP contribution in [0.4, 0.5) is 10.1 Å². The van der Waals surface area contributed by atoms with Gasteiger partial charge in [0.15, 0.2) is 0 Å². The van der Waals surface area contributed by atoms with E-state index in [1.165, 1.54) is 6.07 Å². The summed E-state index contributed by atoms with van der Waals surface area (Å²) in [4.78, 5) is 4.41. The first-order chi connectivity index (χ1) is 9.13. The quantitative estimate of drug-likeness (QED) is 0.907. The predicted molar refractivity (Wildman–Crippen MR) is 75.9 cm³/mol. The molecule has 1 heterocycles. The topological polar surface area (TPSA) is 26.7 Å². The number of halogens is 1. The molecule has 0 radical (unpaired) electrons. The van der Waals surface area contributed by atoms with Crippen LogP contribution in [0.2, 0.25) is 0 Å². The van der Waals surface area contributed by atoms with Crippen LogP contribution in [0.3, 0.4) is 0 Å². The maximum atomic E-state index is 13.9. The molecular weight excluding hydrogens is 243 g/mol. The Hall–Kier alpha value is -1.13. The lowest BCUT2D eigenvalue weighted by atomic mass is 10.1. The zero-order valence-electron chi connectivity index (χ0n) is 11.7. The Balaban J connectivity index is 2.20. The number of rotatable bonds is 3. The Morgan fingerprint density at radius 1 is 1.37 bits per heavy atom. The molecule has 2 atom stereocenters. The van der Waals surface area contributed by atoms with Crippen molar-refractivity contribution in [2.75, 3.05) is 31.6 Å². The zero-order chi connectivity index (χ0) is 13.8. The van der Waals surface area contributed by atoms with Gasteiger partial charge in [-0.2, -0.15) is 0 Å². The van der Waals surface area contributed by atoms with Gasteiger partial charge in [-0.05, 0) is 38.9 Å². The van der Waals surface area contributed by atoms with Gasteiger partial charge < -0.3 is 10.0 Å². The zero-order valence-corrected chi connectivity index (χ0v) is 11.7. The van der Waals surface area contributed by atoms with E-state index in [1.807, 2.05) is 12.1 Å². The summed E-state index contributed by atoms with van der Waals surface area (Å²) in [6, 6.07) is 7.65. The molecule has 0 bridgehead atoms. The molecular formula is C15H23FN2O. The lowest BCUT2D eigenvalue weighted by Gasteiger charge is -2.32. The SMILES string of the molecule is CC1CCN(c2ccccc2F)CC(CCO)N1C. The Bertz CT molecular complexity index is 413. The van der Waals surface area contributed by atoms with Crippen molar-refractivity contribution in [1.29, 1.82) is 0 Å². The fourth-order valence-corrected chi connectivity index (χ4v) is 2.75. The smallest absolute Gasteiger partial charge is 0.146 e. The van der Waals surface area contributed by atoms with E-state index in [1.54, 1.807) is 6.07 Å². The monoisotopic (exact) mass is 266 g/mol. The minimum Gasteiger partial charge on any atom is -0.396 e. The fourth-order valence-electron chi connectivity index (χ4n) is 2.75. The molecule has 1 fully saturated rings. The fraction of sp³-hybridized carbons (Fsp3) is 0.600. The third-order valence-electron chi connectivity index (χ3n) is 4.17. The van der Waals surface area contributed by atoms with Crippen LogP contribution in [0.15, 0.2) is 24.3 Å². The molecule has 0 spiro atoms. The maximum absolute atomic E-state index is 13.9. The van der Waals surface area contributed by atoms with Crippen molar-refractivity contribution in [2.24, 2.45) is 0 Å². The molecule has 0 aromatic heterocycles. The predicted octanol–water partition coefficient (Wildman–Crippen LogP) is 2.11. The van der Waals surface area contributed by atoms with Gasteiger partial charge in [-0.15, -0.1) is 0 Å². The molecule has 0 aliphatic carbocycles. The van der Waals surface area contributed by atoms with Crippen molar-refractivity contribution in [2.45, 2.75) is 31.8 Å². The van der Waals surface area contributed by atoms with Crippen molar-refractivity contribution < 1.29 is 9.50 Å². The van der Waals surface area contributed by atoms with Gasteiger partial charge in [-0.1, -0.05) is 12.1 Å². The Labute approximate surface area is 114 Å². The van der Waals surface area contributed by atoms with Crippen LogP contribution in [0.5, 0.6) is 0 Å². The van der Waals surface area contributed by atoms with E-state index in [0.29, 0.717) is 11.7 Å².